The minimum atomic E-state index is -1.17. The third-order valence-electron chi connectivity index (χ3n) is 2.84. The van der Waals surface area contributed by atoms with E-state index in [0.717, 1.165) is 17.7 Å². The van der Waals surface area contributed by atoms with Gasteiger partial charge in [-0.3, -0.25) is 15.0 Å². The van der Waals surface area contributed by atoms with E-state index in [-0.39, 0.29) is 0 Å². The van der Waals surface area contributed by atoms with Crippen LogP contribution in [0.3, 0.4) is 0 Å². The number of para-hydroxylation sites is 1. The maximum absolute atomic E-state index is 11.9. The Bertz CT molecular complexity index is 543. The third kappa shape index (κ3) is 3.33. The van der Waals surface area contributed by atoms with Crippen LogP contribution in [-0.4, -0.2) is 42.8 Å². The molecular formula is C13H14N2O5. The van der Waals surface area contributed by atoms with E-state index in [1.165, 1.54) is 4.90 Å². The number of imide groups is 1. The van der Waals surface area contributed by atoms with Crippen molar-refractivity contribution < 1.29 is 24.2 Å². The maximum atomic E-state index is 11.9. The van der Waals surface area contributed by atoms with Gasteiger partial charge in [-0.25, -0.2) is 9.59 Å². The number of hydrogen-bond donors (Lipinski definition) is 2. The van der Waals surface area contributed by atoms with Crippen molar-refractivity contribution in [3.8, 4) is 0 Å². The lowest BCUT2D eigenvalue weighted by atomic mass is 10.2. The largest absolute Gasteiger partial charge is 0.480 e. The molecule has 0 radical (unpaired) electrons. The number of rotatable bonds is 4. The highest BCUT2D eigenvalue weighted by atomic mass is 16.5. The standard InChI is InChI=1S/C13H14N2O5/c16-11(7-20-8-12(17)18)14-13(19)15-6-5-9-3-1-2-4-10(9)15/h1-4H,5-8H2,(H,17,18)(H,14,16,19). The summed E-state index contributed by atoms with van der Waals surface area (Å²) in [6.45, 7) is -0.532. The van der Waals surface area contributed by atoms with Gasteiger partial charge in [-0.05, 0) is 18.1 Å². The normalized spacial score (nSPS) is 12.9. The van der Waals surface area contributed by atoms with E-state index in [4.69, 9.17) is 5.11 Å². The van der Waals surface area contributed by atoms with E-state index in [0.29, 0.717) is 6.54 Å². The highest BCUT2D eigenvalue weighted by Gasteiger charge is 2.25. The van der Waals surface area contributed by atoms with Crippen LogP contribution in [0.5, 0.6) is 0 Å². The predicted molar refractivity (Wildman–Crippen MR) is 69.5 cm³/mol. The number of anilines is 1. The molecule has 106 valence electrons. The van der Waals surface area contributed by atoms with Crippen molar-refractivity contribution in [3.63, 3.8) is 0 Å². The van der Waals surface area contributed by atoms with Gasteiger partial charge in [-0.1, -0.05) is 18.2 Å². The second-order valence-electron chi connectivity index (χ2n) is 4.27. The zero-order chi connectivity index (χ0) is 14.5. The molecule has 0 saturated heterocycles. The second kappa shape index (κ2) is 6.16. The Morgan fingerprint density at radius 1 is 1.25 bits per heavy atom. The molecule has 0 atom stereocenters. The summed E-state index contributed by atoms with van der Waals surface area (Å²) in [5.41, 5.74) is 1.83. The molecule has 7 heteroatoms. The molecule has 1 aliphatic heterocycles. The van der Waals surface area contributed by atoms with Gasteiger partial charge in [0.1, 0.15) is 13.2 Å². The minimum absolute atomic E-state index is 0.465. The molecular weight excluding hydrogens is 264 g/mol. The Kier molecular flexibility index (Phi) is 4.31. The van der Waals surface area contributed by atoms with E-state index >= 15 is 0 Å². The Morgan fingerprint density at radius 3 is 2.75 bits per heavy atom. The molecule has 20 heavy (non-hydrogen) atoms. The van der Waals surface area contributed by atoms with Crippen LogP contribution < -0.4 is 10.2 Å². The molecule has 2 rings (SSSR count). The molecule has 0 saturated carbocycles. The summed E-state index contributed by atoms with van der Waals surface area (Å²) in [5, 5.41) is 10.5. The lowest BCUT2D eigenvalue weighted by Crippen LogP contribution is -2.43. The molecule has 3 amide bonds. The molecule has 0 spiro atoms. The zero-order valence-corrected chi connectivity index (χ0v) is 10.7. The van der Waals surface area contributed by atoms with Gasteiger partial charge in [0.15, 0.2) is 0 Å². The van der Waals surface area contributed by atoms with Crippen LogP contribution >= 0.6 is 0 Å². The van der Waals surface area contributed by atoms with Crippen molar-refractivity contribution in [1.29, 1.82) is 0 Å². The van der Waals surface area contributed by atoms with E-state index < -0.39 is 31.1 Å². The van der Waals surface area contributed by atoms with Gasteiger partial charge in [0, 0.05) is 12.2 Å². The number of ether oxygens (including phenoxy) is 1. The molecule has 1 aromatic rings. The Hall–Kier alpha value is -2.41. The number of carbonyl (C=O) groups is 3. The second-order valence-corrected chi connectivity index (χ2v) is 4.27. The van der Waals surface area contributed by atoms with Crippen LogP contribution in [0, 0.1) is 0 Å². The molecule has 1 aliphatic rings. The molecule has 0 unspecified atom stereocenters. The number of carboxylic acid groups (broad SMARTS) is 1. The third-order valence-corrected chi connectivity index (χ3v) is 2.84. The van der Waals surface area contributed by atoms with Crippen LogP contribution in [0.2, 0.25) is 0 Å². The number of amides is 3. The summed E-state index contributed by atoms with van der Waals surface area (Å²) < 4.78 is 4.61. The van der Waals surface area contributed by atoms with Crippen molar-refractivity contribution >= 4 is 23.6 Å². The number of carbonyl (C=O) groups excluding carboxylic acids is 2. The number of benzene rings is 1. The molecule has 0 bridgehead atoms. The van der Waals surface area contributed by atoms with Crippen molar-refractivity contribution in [2.45, 2.75) is 6.42 Å². The topological polar surface area (TPSA) is 95.9 Å². The zero-order valence-electron chi connectivity index (χ0n) is 10.7. The smallest absolute Gasteiger partial charge is 0.329 e. The highest BCUT2D eigenvalue weighted by molar-refractivity contribution is 6.04. The number of hydrogen-bond acceptors (Lipinski definition) is 4. The maximum Gasteiger partial charge on any atom is 0.329 e. The number of nitrogens with one attached hydrogen (secondary N) is 1. The van der Waals surface area contributed by atoms with Crippen molar-refractivity contribution in [3.05, 3.63) is 29.8 Å². The molecule has 1 aromatic carbocycles. The van der Waals surface area contributed by atoms with Gasteiger partial charge in [0.2, 0.25) is 0 Å². The highest BCUT2D eigenvalue weighted by Crippen LogP contribution is 2.27. The van der Waals surface area contributed by atoms with Gasteiger partial charge >= 0.3 is 12.0 Å². The average Bonchev–Trinajstić information content (AvgIpc) is 2.82. The molecule has 7 nitrogen and oxygen atoms in total. The van der Waals surface area contributed by atoms with Crippen LogP contribution in [-0.2, 0) is 20.7 Å². The minimum Gasteiger partial charge on any atom is -0.480 e. The van der Waals surface area contributed by atoms with Gasteiger partial charge < -0.3 is 9.84 Å². The lowest BCUT2D eigenvalue weighted by Gasteiger charge is -2.17. The molecule has 0 aliphatic carbocycles. The van der Waals surface area contributed by atoms with Crippen LogP contribution in [0.4, 0.5) is 10.5 Å². The first-order valence-corrected chi connectivity index (χ1v) is 6.06. The molecule has 0 aromatic heterocycles. The summed E-state index contributed by atoms with van der Waals surface area (Å²) in [4.78, 5) is 35.1. The van der Waals surface area contributed by atoms with Crippen molar-refractivity contribution in [2.75, 3.05) is 24.7 Å². The van der Waals surface area contributed by atoms with E-state index in [1.807, 2.05) is 24.3 Å². The fourth-order valence-electron chi connectivity index (χ4n) is 2.00. The van der Waals surface area contributed by atoms with Crippen LogP contribution in [0.25, 0.3) is 0 Å². The number of aliphatic carboxylic acids is 1. The first kappa shape index (κ1) is 14.0. The predicted octanol–water partition coefficient (Wildman–Crippen LogP) is 0.387. The van der Waals surface area contributed by atoms with E-state index in [2.05, 4.69) is 10.1 Å². The number of carboxylic acids is 1. The number of nitrogens with zero attached hydrogens (tertiary/aromatic N) is 1. The van der Waals surface area contributed by atoms with E-state index in [9.17, 15) is 14.4 Å². The Labute approximate surface area is 115 Å². The molecule has 2 N–H and O–H groups in total. The van der Waals surface area contributed by atoms with Gasteiger partial charge in [-0.2, -0.15) is 0 Å². The fourth-order valence-corrected chi connectivity index (χ4v) is 2.00. The first-order valence-electron chi connectivity index (χ1n) is 6.06. The van der Waals surface area contributed by atoms with Gasteiger partial charge in [0.05, 0.1) is 0 Å². The summed E-state index contributed by atoms with van der Waals surface area (Å²) in [5.74, 6) is -1.83. The molecule has 0 fully saturated rings. The summed E-state index contributed by atoms with van der Waals surface area (Å²) >= 11 is 0. The quantitative estimate of drug-likeness (QED) is 0.830. The van der Waals surface area contributed by atoms with Crippen molar-refractivity contribution in [2.24, 2.45) is 0 Å². The summed E-state index contributed by atoms with van der Waals surface area (Å²) in [6.07, 6.45) is 0.743. The Balaban J connectivity index is 1.87. The lowest BCUT2D eigenvalue weighted by molar-refractivity contribution is -0.143. The Morgan fingerprint density at radius 2 is 2.00 bits per heavy atom. The summed E-state index contributed by atoms with van der Waals surface area (Å²) in [7, 11) is 0. The van der Waals surface area contributed by atoms with Crippen LogP contribution in [0.1, 0.15) is 5.56 Å². The monoisotopic (exact) mass is 278 g/mol. The average molecular weight is 278 g/mol. The fraction of sp³-hybridized carbons (Fsp3) is 0.308. The number of fused-ring (bicyclic) bond motifs is 1. The van der Waals surface area contributed by atoms with E-state index in [1.54, 1.807) is 0 Å². The van der Waals surface area contributed by atoms with Gasteiger partial charge in [0.25, 0.3) is 5.91 Å². The number of urea groups is 1. The first-order chi connectivity index (χ1) is 9.58. The summed E-state index contributed by atoms with van der Waals surface area (Å²) in [6, 6.07) is 6.93. The van der Waals surface area contributed by atoms with Crippen LogP contribution in [0.15, 0.2) is 24.3 Å². The van der Waals surface area contributed by atoms with Crippen molar-refractivity contribution in [1.82, 2.24) is 5.32 Å². The van der Waals surface area contributed by atoms with Gasteiger partial charge in [-0.15, -0.1) is 0 Å². The SMILES string of the molecule is O=C(O)COCC(=O)NC(=O)N1CCc2ccccc21. The molecule has 1 heterocycles.